The van der Waals surface area contributed by atoms with E-state index in [9.17, 15) is 14.7 Å². The lowest BCUT2D eigenvalue weighted by atomic mass is 9.93. The van der Waals surface area contributed by atoms with E-state index < -0.39 is 12.0 Å². The number of nitrogens with zero attached hydrogens (tertiary/aromatic N) is 2. The summed E-state index contributed by atoms with van der Waals surface area (Å²) in [6.45, 7) is 0.294. The first-order valence-corrected chi connectivity index (χ1v) is 6.68. The molecule has 1 atom stereocenters. The molecule has 5 heteroatoms. The lowest BCUT2D eigenvalue weighted by Gasteiger charge is -2.34. The lowest BCUT2D eigenvalue weighted by Crippen LogP contribution is -2.48. The first-order chi connectivity index (χ1) is 10.2. The Kier molecular flexibility index (Phi) is 3.39. The second-order valence-electron chi connectivity index (χ2n) is 4.97. The molecule has 0 saturated heterocycles. The molecule has 1 aliphatic heterocycles. The number of benzene rings is 1. The molecule has 1 unspecified atom stereocenters. The zero-order chi connectivity index (χ0) is 14.8. The van der Waals surface area contributed by atoms with Crippen LogP contribution >= 0.6 is 0 Å². The fraction of sp³-hybridized carbons (Fsp3) is 0.188. The highest BCUT2D eigenvalue weighted by molar-refractivity contribution is 5.95. The molecule has 0 saturated carbocycles. The second-order valence-corrected chi connectivity index (χ2v) is 4.97. The highest BCUT2D eigenvalue weighted by Gasteiger charge is 2.35. The zero-order valence-electron chi connectivity index (χ0n) is 11.3. The number of pyridine rings is 1. The van der Waals surface area contributed by atoms with E-state index in [2.05, 4.69) is 4.98 Å². The summed E-state index contributed by atoms with van der Waals surface area (Å²) >= 11 is 0. The molecule has 1 N–H and O–H groups in total. The summed E-state index contributed by atoms with van der Waals surface area (Å²) in [5.74, 6) is -1.34. The molecule has 0 fully saturated rings. The van der Waals surface area contributed by atoms with Gasteiger partial charge in [-0.15, -0.1) is 0 Å². The predicted octanol–water partition coefficient (Wildman–Crippen LogP) is 1.73. The SMILES string of the molecule is O=C(O)C1Cc2ccccc2CN1C(=O)c1ccccn1. The first-order valence-electron chi connectivity index (χ1n) is 6.68. The van der Waals surface area contributed by atoms with E-state index in [1.54, 1.807) is 18.2 Å². The van der Waals surface area contributed by atoms with Gasteiger partial charge in [-0.3, -0.25) is 9.78 Å². The van der Waals surface area contributed by atoms with Crippen LogP contribution in [-0.4, -0.2) is 32.9 Å². The van der Waals surface area contributed by atoms with Crippen molar-refractivity contribution in [3.8, 4) is 0 Å². The van der Waals surface area contributed by atoms with Crippen LogP contribution < -0.4 is 0 Å². The summed E-state index contributed by atoms with van der Waals surface area (Å²) in [5, 5.41) is 9.42. The lowest BCUT2D eigenvalue weighted by molar-refractivity contribution is -0.142. The summed E-state index contributed by atoms with van der Waals surface area (Å²) in [7, 11) is 0. The van der Waals surface area contributed by atoms with Crippen molar-refractivity contribution in [3.63, 3.8) is 0 Å². The number of fused-ring (bicyclic) bond motifs is 1. The maximum Gasteiger partial charge on any atom is 0.326 e. The van der Waals surface area contributed by atoms with E-state index in [4.69, 9.17) is 0 Å². The van der Waals surface area contributed by atoms with Crippen LogP contribution in [0.5, 0.6) is 0 Å². The Labute approximate surface area is 121 Å². The third-order valence-corrected chi connectivity index (χ3v) is 3.68. The number of carboxylic acid groups (broad SMARTS) is 1. The molecular formula is C16H14N2O3. The fourth-order valence-electron chi connectivity index (χ4n) is 2.59. The van der Waals surface area contributed by atoms with Gasteiger partial charge >= 0.3 is 5.97 Å². The number of amides is 1. The summed E-state index contributed by atoms with van der Waals surface area (Å²) in [4.78, 5) is 29.4. The molecule has 21 heavy (non-hydrogen) atoms. The van der Waals surface area contributed by atoms with Crippen molar-refractivity contribution < 1.29 is 14.7 Å². The number of carbonyl (C=O) groups is 2. The molecule has 2 aromatic rings. The van der Waals surface area contributed by atoms with E-state index in [1.807, 2.05) is 24.3 Å². The normalized spacial score (nSPS) is 17.1. The molecule has 0 aliphatic carbocycles. The first kappa shape index (κ1) is 13.3. The maximum absolute atomic E-state index is 12.5. The van der Waals surface area contributed by atoms with Gasteiger partial charge in [-0.2, -0.15) is 0 Å². The molecule has 1 aliphatic rings. The highest BCUT2D eigenvalue weighted by Crippen LogP contribution is 2.24. The van der Waals surface area contributed by atoms with Gasteiger partial charge in [-0.25, -0.2) is 4.79 Å². The maximum atomic E-state index is 12.5. The van der Waals surface area contributed by atoms with Gasteiger partial charge in [0.2, 0.25) is 0 Å². The van der Waals surface area contributed by atoms with Gasteiger partial charge in [0.1, 0.15) is 11.7 Å². The zero-order valence-corrected chi connectivity index (χ0v) is 11.3. The largest absolute Gasteiger partial charge is 0.480 e. The van der Waals surface area contributed by atoms with Crippen molar-refractivity contribution in [2.24, 2.45) is 0 Å². The van der Waals surface area contributed by atoms with Crippen LogP contribution in [0.15, 0.2) is 48.7 Å². The number of aromatic nitrogens is 1. The highest BCUT2D eigenvalue weighted by atomic mass is 16.4. The average molecular weight is 282 g/mol. The predicted molar refractivity (Wildman–Crippen MR) is 75.7 cm³/mol. The smallest absolute Gasteiger partial charge is 0.326 e. The summed E-state index contributed by atoms with van der Waals surface area (Å²) in [5.41, 5.74) is 2.23. The molecule has 0 radical (unpaired) electrons. The van der Waals surface area contributed by atoms with Crippen LogP contribution in [-0.2, 0) is 17.8 Å². The number of aliphatic carboxylic acids is 1. The minimum Gasteiger partial charge on any atom is -0.480 e. The molecule has 0 bridgehead atoms. The molecule has 3 rings (SSSR count). The van der Waals surface area contributed by atoms with E-state index >= 15 is 0 Å². The van der Waals surface area contributed by atoms with Crippen molar-refractivity contribution in [2.75, 3.05) is 0 Å². The van der Waals surface area contributed by atoms with Crippen LogP contribution in [0.4, 0.5) is 0 Å². The third-order valence-electron chi connectivity index (χ3n) is 3.68. The Morgan fingerprint density at radius 3 is 2.48 bits per heavy atom. The number of rotatable bonds is 2. The number of carbonyl (C=O) groups excluding carboxylic acids is 1. The quantitative estimate of drug-likeness (QED) is 0.910. The molecular weight excluding hydrogens is 268 g/mol. The molecule has 106 valence electrons. The second kappa shape index (κ2) is 5.36. The van der Waals surface area contributed by atoms with Crippen molar-refractivity contribution in [1.29, 1.82) is 0 Å². The van der Waals surface area contributed by atoms with Gasteiger partial charge in [0.15, 0.2) is 0 Å². The van der Waals surface area contributed by atoms with Gasteiger partial charge in [0.25, 0.3) is 5.91 Å². The molecule has 1 amide bonds. The average Bonchev–Trinajstić information content (AvgIpc) is 2.53. The van der Waals surface area contributed by atoms with E-state index in [0.717, 1.165) is 11.1 Å². The van der Waals surface area contributed by atoms with E-state index in [1.165, 1.54) is 11.1 Å². The van der Waals surface area contributed by atoms with Gasteiger partial charge < -0.3 is 10.0 Å². The third kappa shape index (κ3) is 2.50. The van der Waals surface area contributed by atoms with Crippen molar-refractivity contribution in [3.05, 3.63) is 65.5 Å². The Hall–Kier alpha value is -2.69. The summed E-state index contributed by atoms with van der Waals surface area (Å²) < 4.78 is 0. The van der Waals surface area contributed by atoms with Gasteiger partial charge in [0.05, 0.1) is 0 Å². The molecule has 2 heterocycles. The van der Waals surface area contributed by atoms with Crippen molar-refractivity contribution in [2.45, 2.75) is 19.0 Å². The standard InChI is InChI=1S/C16H14N2O3/c19-15(13-7-3-4-8-17-13)18-10-12-6-2-1-5-11(12)9-14(18)16(20)21/h1-8,14H,9-10H2,(H,20,21). The van der Waals surface area contributed by atoms with Crippen molar-refractivity contribution >= 4 is 11.9 Å². The summed E-state index contributed by atoms with van der Waals surface area (Å²) in [6.07, 6.45) is 1.85. The van der Waals surface area contributed by atoms with Crippen LogP contribution in [0.2, 0.25) is 0 Å². The minimum absolute atomic E-state index is 0.267. The number of hydrogen-bond donors (Lipinski definition) is 1. The molecule has 0 spiro atoms. The topological polar surface area (TPSA) is 70.5 Å². The Balaban J connectivity index is 1.96. The van der Waals surface area contributed by atoms with Crippen molar-refractivity contribution in [1.82, 2.24) is 9.88 Å². The van der Waals surface area contributed by atoms with Crippen LogP contribution in [0.1, 0.15) is 21.6 Å². The summed E-state index contributed by atoms with van der Waals surface area (Å²) in [6, 6.07) is 11.8. The number of hydrogen-bond acceptors (Lipinski definition) is 3. The van der Waals surface area contributed by atoms with Gasteiger partial charge in [-0.05, 0) is 23.3 Å². The monoisotopic (exact) mass is 282 g/mol. The Morgan fingerprint density at radius 1 is 1.10 bits per heavy atom. The molecule has 5 nitrogen and oxygen atoms in total. The Bertz CT molecular complexity index is 685. The van der Waals surface area contributed by atoms with Crippen LogP contribution in [0.25, 0.3) is 0 Å². The van der Waals surface area contributed by atoms with Gasteiger partial charge in [0, 0.05) is 19.2 Å². The molecule has 1 aromatic carbocycles. The van der Waals surface area contributed by atoms with Crippen LogP contribution in [0, 0.1) is 0 Å². The fourth-order valence-corrected chi connectivity index (χ4v) is 2.59. The van der Waals surface area contributed by atoms with Crippen LogP contribution in [0.3, 0.4) is 0 Å². The molecule has 1 aromatic heterocycles. The van der Waals surface area contributed by atoms with E-state index in [0.29, 0.717) is 13.0 Å². The van der Waals surface area contributed by atoms with E-state index in [-0.39, 0.29) is 11.6 Å². The Morgan fingerprint density at radius 2 is 1.81 bits per heavy atom. The van der Waals surface area contributed by atoms with Gasteiger partial charge in [-0.1, -0.05) is 30.3 Å². The number of carboxylic acids is 1. The minimum atomic E-state index is -0.992.